The van der Waals surface area contributed by atoms with E-state index in [1.807, 2.05) is 17.9 Å². The van der Waals surface area contributed by atoms with Crippen LogP contribution in [-0.4, -0.2) is 40.9 Å². The normalized spacial score (nSPS) is 16.6. The van der Waals surface area contributed by atoms with Crippen LogP contribution in [0.25, 0.3) is 11.1 Å². The fraction of sp³-hybridized carbons (Fsp3) is 0.550. The molecule has 2 aromatic rings. The van der Waals surface area contributed by atoms with Gasteiger partial charge in [-0.25, -0.2) is 0 Å². The summed E-state index contributed by atoms with van der Waals surface area (Å²) >= 11 is 0. The minimum atomic E-state index is 0.844. The molecule has 0 amide bonds. The minimum Gasteiger partial charge on any atom is -0.317 e. The van der Waals surface area contributed by atoms with E-state index in [2.05, 4.69) is 53.6 Å². The zero-order valence-corrected chi connectivity index (χ0v) is 15.3. The van der Waals surface area contributed by atoms with Crippen LogP contribution in [0.4, 0.5) is 0 Å². The van der Waals surface area contributed by atoms with Crippen molar-refractivity contribution in [2.75, 3.05) is 26.2 Å². The Balaban J connectivity index is 1.68. The third-order valence-electron chi connectivity index (χ3n) is 5.07. The SMILES string of the molecule is CCNCC1CCN(Cc2ccc(C)cc2-c2cnn(C)c2)CC1. The lowest BCUT2D eigenvalue weighted by molar-refractivity contribution is 0.176. The highest BCUT2D eigenvalue weighted by atomic mass is 15.2. The first kappa shape index (κ1) is 17.2. The van der Waals surface area contributed by atoms with Crippen LogP contribution in [0.2, 0.25) is 0 Å². The van der Waals surface area contributed by atoms with Gasteiger partial charge in [-0.2, -0.15) is 5.10 Å². The first-order valence-corrected chi connectivity index (χ1v) is 9.17. The zero-order valence-electron chi connectivity index (χ0n) is 15.3. The molecule has 1 aromatic carbocycles. The van der Waals surface area contributed by atoms with Gasteiger partial charge in [-0.1, -0.05) is 30.7 Å². The fourth-order valence-electron chi connectivity index (χ4n) is 3.60. The molecule has 0 radical (unpaired) electrons. The lowest BCUT2D eigenvalue weighted by Gasteiger charge is -2.32. The minimum absolute atomic E-state index is 0.844. The third-order valence-corrected chi connectivity index (χ3v) is 5.07. The monoisotopic (exact) mass is 326 g/mol. The number of rotatable bonds is 6. The number of hydrogen-bond acceptors (Lipinski definition) is 3. The largest absolute Gasteiger partial charge is 0.317 e. The number of piperidine rings is 1. The molecular weight excluding hydrogens is 296 g/mol. The molecule has 24 heavy (non-hydrogen) atoms. The van der Waals surface area contributed by atoms with Crippen molar-refractivity contribution in [3.05, 3.63) is 41.7 Å². The molecule has 130 valence electrons. The van der Waals surface area contributed by atoms with Crippen molar-refractivity contribution in [2.24, 2.45) is 13.0 Å². The van der Waals surface area contributed by atoms with Crippen LogP contribution >= 0.6 is 0 Å². The van der Waals surface area contributed by atoms with E-state index < -0.39 is 0 Å². The number of benzene rings is 1. The topological polar surface area (TPSA) is 33.1 Å². The molecule has 0 aliphatic carbocycles. The number of nitrogens with zero attached hydrogens (tertiary/aromatic N) is 3. The van der Waals surface area contributed by atoms with Crippen LogP contribution in [0.5, 0.6) is 0 Å². The van der Waals surface area contributed by atoms with Crippen LogP contribution in [0.3, 0.4) is 0 Å². The van der Waals surface area contributed by atoms with Crippen LogP contribution in [0.1, 0.15) is 30.9 Å². The summed E-state index contributed by atoms with van der Waals surface area (Å²) < 4.78 is 1.88. The Labute approximate surface area is 145 Å². The molecule has 0 saturated carbocycles. The van der Waals surface area contributed by atoms with Gasteiger partial charge in [0.1, 0.15) is 0 Å². The number of hydrogen-bond donors (Lipinski definition) is 1. The first-order valence-electron chi connectivity index (χ1n) is 9.17. The molecule has 0 unspecified atom stereocenters. The summed E-state index contributed by atoms with van der Waals surface area (Å²) in [5.74, 6) is 0.844. The highest BCUT2D eigenvalue weighted by Gasteiger charge is 2.20. The van der Waals surface area contributed by atoms with E-state index in [0.29, 0.717) is 0 Å². The van der Waals surface area contributed by atoms with Crippen LogP contribution in [0, 0.1) is 12.8 Å². The molecule has 4 heteroatoms. The smallest absolute Gasteiger partial charge is 0.0568 e. The maximum absolute atomic E-state index is 4.35. The Kier molecular flexibility index (Phi) is 5.69. The second-order valence-electron chi connectivity index (χ2n) is 7.09. The molecule has 1 N–H and O–H groups in total. The summed E-state index contributed by atoms with van der Waals surface area (Å²) in [5.41, 5.74) is 5.27. The number of nitrogens with one attached hydrogen (secondary N) is 1. The Morgan fingerprint density at radius 2 is 2.04 bits per heavy atom. The van der Waals surface area contributed by atoms with E-state index >= 15 is 0 Å². The standard InChI is InChI=1S/C20H30N4/c1-4-21-12-17-7-9-24(10-8-17)15-18-6-5-16(2)11-20(18)19-13-22-23(3)14-19/h5-6,11,13-14,17,21H,4,7-10,12,15H2,1-3H3. The molecule has 1 aliphatic heterocycles. The van der Waals surface area contributed by atoms with Crippen molar-refractivity contribution >= 4 is 0 Å². The average molecular weight is 326 g/mol. The molecule has 2 heterocycles. The van der Waals surface area contributed by atoms with Gasteiger partial charge in [0.15, 0.2) is 0 Å². The van der Waals surface area contributed by atoms with Gasteiger partial charge in [-0.15, -0.1) is 0 Å². The number of likely N-dealkylation sites (tertiary alicyclic amines) is 1. The predicted octanol–water partition coefficient (Wildman–Crippen LogP) is 3.22. The van der Waals surface area contributed by atoms with Crippen LogP contribution in [0.15, 0.2) is 30.6 Å². The van der Waals surface area contributed by atoms with Crippen LogP contribution in [-0.2, 0) is 13.6 Å². The molecule has 1 saturated heterocycles. The Morgan fingerprint density at radius 1 is 1.25 bits per heavy atom. The number of aromatic nitrogens is 2. The second kappa shape index (κ2) is 7.95. The van der Waals surface area contributed by atoms with Gasteiger partial charge in [-0.3, -0.25) is 9.58 Å². The van der Waals surface area contributed by atoms with E-state index in [1.54, 1.807) is 0 Å². The van der Waals surface area contributed by atoms with Crippen molar-refractivity contribution in [1.29, 1.82) is 0 Å². The molecule has 4 nitrogen and oxygen atoms in total. The predicted molar refractivity (Wildman–Crippen MR) is 99.9 cm³/mol. The van der Waals surface area contributed by atoms with Gasteiger partial charge >= 0.3 is 0 Å². The highest BCUT2D eigenvalue weighted by Crippen LogP contribution is 2.27. The van der Waals surface area contributed by atoms with Gasteiger partial charge in [0.2, 0.25) is 0 Å². The van der Waals surface area contributed by atoms with E-state index in [0.717, 1.165) is 19.0 Å². The first-order chi connectivity index (χ1) is 11.7. The van der Waals surface area contributed by atoms with Gasteiger partial charge in [0, 0.05) is 25.4 Å². The molecule has 0 spiro atoms. The molecule has 1 fully saturated rings. The molecule has 1 aliphatic rings. The van der Waals surface area contributed by atoms with Crippen molar-refractivity contribution in [2.45, 2.75) is 33.2 Å². The second-order valence-corrected chi connectivity index (χ2v) is 7.09. The quantitative estimate of drug-likeness (QED) is 0.885. The van der Waals surface area contributed by atoms with E-state index in [1.165, 1.54) is 54.7 Å². The van der Waals surface area contributed by atoms with Gasteiger partial charge in [-0.05, 0) is 63.0 Å². The van der Waals surface area contributed by atoms with Crippen molar-refractivity contribution in [3.8, 4) is 11.1 Å². The van der Waals surface area contributed by atoms with E-state index in [-0.39, 0.29) is 0 Å². The molecule has 3 rings (SSSR count). The van der Waals surface area contributed by atoms with Gasteiger partial charge < -0.3 is 5.32 Å². The maximum Gasteiger partial charge on any atom is 0.0568 e. The van der Waals surface area contributed by atoms with Crippen molar-refractivity contribution in [1.82, 2.24) is 20.0 Å². The summed E-state index contributed by atoms with van der Waals surface area (Å²) in [6, 6.07) is 6.82. The summed E-state index contributed by atoms with van der Waals surface area (Å²) in [6.45, 7) is 10.1. The number of aryl methyl sites for hydroxylation is 2. The maximum atomic E-state index is 4.35. The highest BCUT2D eigenvalue weighted by molar-refractivity contribution is 5.66. The fourth-order valence-corrected chi connectivity index (χ4v) is 3.60. The lowest BCUT2D eigenvalue weighted by Crippen LogP contribution is -2.36. The Hall–Kier alpha value is -1.65. The van der Waals surface area contributed by atoms with Gasteiger partial charge in [0.05, 0.1) is 6.20 Å². The van der Waals surface area contributed by atoms with E-state index in [9.17, 15) is 0 Å². The Bertz CT molecular complexity index is 653. The van der Waals surface area contributed by atoms with E-state index in [4.69, 9.17) is 0 Å². The Morgan fingerprint density at radius 3 is 2.71 bits per heavy atom. The lowest BCUT2D eigenvalue weighted by atomic mass is 9.95. The zero-order chi connectivity index (χ0) is 16.9. The van der Waals surface area contributed by atoms with Crippen molar-refractivity contribution < 1.29 is 0 Å². The summed E-state index contributed by atoms with van der Waals surface area (Å²) in [5, 5.41) is 7.84. The van der Waals surface area contributed by atoms with Crippen molar-refractivity contribution in [3.63, 3.8) is 0 Å². The van der Waals surface area contributed by atoms with Gasteiger partial charge in [0.25, 0.3) is 0 Å². The molecule has 0 bridgehead atoms. The average Bonchev–Trinajstić information content (AvgIpc) is 3.02. The third kappa shape index (κ3) is 4.25. The molecular formula is C20H30N4. The molecule has 1 aromatic heterocycles. The molecule has 0 atom stereocenters. The summed E-state index contributed by atoms with van der Waals surface area (Å²) in [7, 11) is 1.98. The summed E-state index contributed by atoms with van der Waals surface area (Å²) in [4.78, 5) is 2.60. The summed E-state index contributed by atoms with van der Waals surface area (Å²) in [6.07, 6.45) is 6.70. The van der Waals surface area contributed by atoms with Crippen LogP contribution < -0.4 is 5.32 Å².